The molecule has 3 aromatic rings. The first-order valence-corrected chi connectivity index (χ1v) is 12.5. The van der Waals surface area contributed by atoms with Gasteiger partial charge in [0.05, 0.1) is 16.8 Å². The minimum Gasteiger partial charge on any atom is -0.239 e. The van der Waals surface area contributed by atoms with Gasteiger partial charge < -0.3 is 0 Å². The van der Waals surface area contributed by atoms with Crippen LogP contribution in [-0.4, -0.2) is 34.6 Å². The topological polar surface area (TPSA) is 55.2 Å². The highest BCUT2D eigenvalue weighted by atomic mass is 32.2. The molecular weight excluding hydrogens is 402 g/mol. The molecule has 0 atom stereocenters. The number of benzene rings is 1. The van der Waals surface area contributed by atoms with Crippen molar-refractivity contribution in [3.05, 3.63) is 54.0 Å². The molecule has 0 unspecified atom stereocenters. The van der Waals surface area contributed by atoms with E-state index in [0.29, 0.717) is 10.6 Å². The second-order valence-corrected chi connectivity index (χ2v) is 10.6. The third-order valence-corrected chi connectivity index (χ3v) is 8.46. The summed E-state index contributed by atoms with van der Waals surface area (Å²) in [5.41, 5.74) is 1.38. The lowest BCUT2D eigenvalue weighted by Gasteiger charge is -2.36. The molecule has 0 bridgehead atoms. The first kappa shape index (κ1) is 20.3. The summed E-state index contributed by atoms with van der Waals surface area (Å²) in [5.74, 6) is 0. The summed E-state index contributed by atoms with van der Waals surface area (Å²) < 4.78 is 31.2. The van der Waals surface area contributed by atoms with Gasteiger partial charge in [-0.25, -0.2) is 13.1 Å². The number of hydrogen-bond donors (Lipinski definition) is 0. The minimum atomic E-state index is -3.69. The van der Waals surface area contributed by atoms with E-state index in [0.717, 1.165) is 36.2 Å². The molecule has 0 radical (unpaired) electrons. The van der Waals surface area contributed by atoms with E-state index in [-0.39, 0.29) is 12.1 Å². The van der Waals surface area contributed by atoms with Crippen LogP contribution in [0.5, 0.6) is 0 Å². The van der Waals surface area contributed by atoms with Gasteiger partial charge >= 0.3 is 0 Å². The number of hydrogen-bond acceptors (Lipinski definition) is 4. The molecule has 1 aliphatic carbocycles. The Morgan fingerprint density at radius 1 is 1.07 bits per heavy atom. The first-order valence-electron chi connectivity index (χ1n) is 10.2. The van der Waals surface area contributed by atoms with Crippen molar-refractivity contribution >= 4 is 21.4 Å². The molecule has 2 aromatic heterocycles. The summed E-state index contributed by atoms with van der Waals surface area (Å²) in [6, 6.07) is 13.5. The Bertz CT molecular complexity index is 1040. The summed E-state index contributed by atoms with van der Waals surface area (Å²) in [6.45, 7) is 3.94. The largest absolute Gasteiger partial charge is 0.247 e. The van der Waals surface area contributed by atoms with Gasteiger partial charge in [0, 0.05) is 12.1 Å². The zero-order chi connectivity index (χ0) is 20.4. The smallest absolute Gasteiger partial charge is 0.239 e. The Hall–Kier alpha value is -1.96. The highest BCUT2D eigenvalue weighted by Crippen LogP contribution is 2.36. The van der Waals surface area contributed by atoms with E-state index >= 15 is 0 Å². The van der Waals surface area contributed by atoms with Crippen molar-refractivity contribution in [2.24, 2.45) is 0 Å². The van der Waals surface area contributed by atoms with Crippen LogP contribution in [0.2, 0.25) is 0 Å². The van der Waals surface area contributed by atoms with Gasteiger partial charge in [-0.3, -0.25) is 0 Å². The van der Waals surface area contributed by atoms with Gasteiger partial charge in [-0.05, 0) is 50.3 Å². The molecule has 1 saturated carbocycles. The number of rotatable bonds is 6. The number of para-hydroxylation sites is 1. The molecule has 154 valence electrons. The minimum absolute atomic E-state index is 0.0602. The van der Waals surface area contributed by atoms with Crippen LogP contribution in [0.4, 0.5) is 0 Å². The second-order valence-electron chi connectivity index (χ2n) is 7.82. The quantitative estimate of drug-likeness (QED) is 0.532. The van der Waals surface area contributed by atoms with Gasteiger partial charge in [-0.15, -0.1) is 11.3 Å². The Kier molecular flexibility index (Phi) is 5.90. The third kappa shape index (κ3) is 4.04. The first-order chi connectivity index (χ1) is 14.0. The second kappa shape index (κ2) is 8.42. The van der Waals surface area contributed by atoms with Crippen molar-refractivity contribution in [1.29, 1.82) is 0 Å². The SMILES string of the molecule is CC(C)N(C1CCCCC1)S(=O)(=O)c1cn(-c2ccccc2)nc1-c1cccs1. The van der Waals surface area contributed by atoms with Crippen LogP contribution in [0.15, 0.2) is 58.9 Å². The van der Waals surface area contributed by atoms with Crippen LogP contribution in [-0.2, 0) is 10.0 Å². The highest BCUT2D eigenvalue weighted by Gasteiger charge is 2.37. The van der Waals surface area contributed by atoms with Crippen LogP contribution in [0, 0.1) is 0 Å². The predicted octanol–water partition coefficient (Wildman–Crippen LogP) is 5.33. The number of sulfonamides is 1. The van der Waals surface area contributed by atoms with E-state index in [1.807, 2.05) is 61.7 Å². The highest BCUT2D eigenvalue weighted by molar-refractivity contribution is 7.89. The van der Waals surface area contributed by atoms with Crippen molar-refractivity contribution in [2.75, 3.05) is 0 Å². The maximum atomic E-state index is 13.9. The van der Waals surface area contributed by atoms with E-state index < -0.39 is 10.0 Å². The molecule has 1 fully saturated rings. The van der Waals surface area contributed by atoms with Crippen LogP contribution in [0.3, 0.4) is 0 Å². The fourth-order valence-electron chi connectivity index (χ4n) is 4.19. The van der Waals surface area contributed by atoms with E-state index in [9.17, 15) is 8.42 Å². The van der Waals surface area contributed by atoms with Crippen molar-refractivity contribution in [1.82, 2.24) is 14.1 Å². The molecule has 2 heterocycles. The molecule has 0 amide bonds. The molecule has 0 saturated heterocycles. The standard InChI is InChI=1S/C22H27N3O2S2/c1-17(2)25(19-12-7-4-8-13-19)29(26,27)21-16-24(18-10-5-3-6-11-18)23-22(21)20-14-9-15-28-20/h3,5-6,9-11,14-17,19H,4,7-8,12-13H2,1-2H3. The Morgan fingerprint density at radius 2 is 1.79 bits per heavy atom. The predicted molar refractivity (Wildman–Crippen MR) is 118 cm³/mol. The van der Waals surface area contributed by atoms with Crippen molar-refractivity contribution in [2.45, 2.75) is 62.9 Å². The lowest BCUT2D eigenvalue weighted by Crippen LogP contribution is -2.45. The maximum absolute atomic E-state index is 13.9. The van der Waals surface area contributed by atoms with Gasteiger partial charge in [0.25, 0.3) is 0 Å². The van der Waals surface area contributed by atoms with E-state index in [1.165, 1.54) is 17.8 Å². The monoisotopic (exact) mass is 429 g/mol. The number of aromatic nitrogens is 2. The van der Waals surface area contributed by atoms with Crippen LogP contribution >= 0.6 is 11.3 Å². The Balaban J connectivity index is 1.84. The molecular formula is C22H27N3O2S2. The van der Waals surface area contributed by atoms with Gasteiger partial charge in [0.2, 0.25) is 10.0 Å². The fraction of sp³-hybridized carbons (Fsp3) is 0.409. The van der Waals surface area contributed by atoms with Gasteiger partial charge in [-0.2, -0.15) is 9.40 Å². The molecule has 0 aliphatic heterocycles. The third-order valence-electron chi connectivity index (χ3n) is 5.45. The molecule has 1 aliphatic rings. The summed E-state index contributed by atoms with van der Waals surface area (Å²) in [5, 5.41) is 6.65. The summed E-state index contributed by atoms with van der Waals surface area (Å²) in [7, 11) is -3.69. The Morgan fingerprint density at radius 3 is 2.41 bits per heavy atom. The Labute approximate surface area is 177 Å². The molecule has 0 N–H and O–H groups in total. The molecule has 5 nitrogen and oxygen atoms in total. The van der Waals surface area contributed by atoms with Crippen molar-refractivity contribution < 1.29 is 8.42 Å². The van der Waals surface area contributed by atoms with Crippen molar-refractivity contribution in [3.8, 4) is 16.3 Å². The number of nitrogens with zero attached hydrogens (tertiary/aromatic N) is 3. The van der Waals surface area contributed by atoms with Crippen LogP contribution in [0.1, 0.15) is 46.0 Å². The number of thiophene rings is 1. The molecule has 7 heteroatoms. The molecule has 0 spiro atoms. The molecule has 1 aromatic carbocycles. The average Bonchev–Trinajstić information content (AvgIpc) is 3.39. The maximum Gasteiger partial charge on any atom is 0.247 e. The lowest BCUT2D eigenvalue weighted by molar-refractivity contribution is 0.220. The van der Waals surface area contributed by atoms with E-state index in [2.05, 4.69) is 0 Å². The summed E-state index contributed by atoms with van der Waals surface area (Å²) >= 11 is 1.51. The van der Waals surface area contributed by atoms with E-state index in [4.69, 9.17) is 5.10 Å². The average molecular weight is 430 g/mol. The fourth-order valence-corrected chi connectivity index (χ4v) is 6.99. The zero-order valence-electron chi connectivity index (χ0n) is 16.9. The van der Waals surface area contributed by atoms with Crippen LogP contribution < -0.4 is 0 Å². The van der Waals surface area contributed by atoms with Gasteiger partial charge in [0.1, 0.15) is 10.6 Å². The van der Waals surface area contributed by atoms with Crippen LogP contribution in [0.25, 0.3) is 16.3 Å². The van der Waals surface area contributed by atoms with E-state index in [1.54, 1.807) is 15.2 Å². The molecule has 29 heavy (non-hydrogen) atoms. The van der Waals surface area contributed by atoms with Gasteiger partial charge in [0.15, 0.2) is 0 Å². The van der Waals surface area contributed by atoms with Gasteiger partial charge in [-0.1, -0.05) is 43.5 Å². The molecule has 4 rings (SSSR count). The summed E-state index contributed by atoms with van der Waals surface area (Å²) in [4.78, 5) is 1.16. The zero-order valence-corrected chi connectivity index (χ0v) is 18.5. The lowest BCUT2D eigenvalue weighted by atomic mass is 9.95. The van der Waals surface area contributed by atoms with Crippen molar-refractivity contribution in [3.63, 3.8) is 0 Å². The normalized spacial score (nSPS) is 16.0. The summed E-state index contributed by atoms with van der Waals surface area (Å²) in [6.07, 6.45) is 6.90.